The van der Waals surface area contributed by atoms with Gasteiger partial charge in [-0.25, -0.2) is 9.97 Å². The molecule has 7 rings (SSSR count). The van der Waals surface area contributed by atoms with Gasteiger partial charge in [0.2, 0.25) is 5.91 Å². The number of carbonyl (C=O) groups is 1. The predicted molar refractivity (Wildman–Crippen MR) is 150 cm³/mol. The minimum atomic E-state index is -0.0782. The molecule has 6 heteroatoms. The number of amides is 1. The Morgan fingerprint density at radius 3 is 2.00 bits per heavy atom. The Morgan fingerprint density at radius 1 is 0.718 bits per heavy atom. The summed E-state index contributed by atoms with van der Waals surface area (Å²) in [7, 11) is 0. The molecule has 5 aromatic rings. The van der Waals surface area contributed by atoms with Crippen LogP contribution in [0.5, 0.6) is 0 Å². The van der Waals surface area contributed by atoms with Crippen LogP contribution >= 0.6 is 0 Å². The predicted octanol–water partition coefficient (Wildman–Crippen LogP) is 5.14. The lowest BCUT2D eigenvalue weighted by atomic mass is 9.72. The lowest BCUT2D eigenvalue weighted by Gasteiger charge is -2.32. The number of imidazole rings is 2. The van der Waals surface area contributed by atoms with Crippen LogP contribution in [0, 0.1) is 11.8 Å². The highest BCUT2D eigenvalue weighted by atomic mass is 16.2. The second kappa shape index (κ2) is 10.0. The van der Waals surface area contributed by atoms with Gasteiger partial charge in [-0.15, -0.1) is 0 Å². The third-order valence-corrected chi connectivity index (χ3v) is 8.26. The Hall–Kier alpha value is -4.45. The molecule has 39 heavy (non-hydrogen) atoms. The largest absolute Gasteiger partial charge is 0.338 e. The van der Waals surface area contributed by atoms with Gasteiger partial charge in [-0.1, -0.05) is 91.0 Å². The molecule has 3 atom stereocenters. The van der Waals surface area contributed by atoms with Crippen molar-refractivity contribution in [2.45, 2.75) is 32.0 Å². The number of carbonyl (C=O) groups excluding carboxylic acids is 1. The van der Waals surface area contributed by atoms with Gasteiger partial charge in [0.25, 0.3) is 0 Å². The summed E-state index contributed by atoms with van der Waals surface area (Å²) in [5, 5.41) is 0. The molecule has 2 aromatic heterocycles. The fourth-order valence-corrected chi connectivity index (χ4v) is 6.46. The zero-order valence-corrected chi connectivity index (χ0v) is 21.8. The molecule has 194 valence electrons. The van der Waals surface area contributed by atoms with Crippen molar-refractivity contribution in [3.8, 4) is 0 Å². The first-order chi connectivity index (χ1) is 19.2. The second-order valence-corrected chi connectivity index (χ2v) is 10.8. The van der Waals surface area contributed by atoms with Gasteiger partial charge in [-0.3, -0.25) is 4.79 Å². The van der Waals surface area contributed by atoms with Crippen LogP contribution in [0.2, 0.25) is 0 Å². The molecule has 1 fully saturated rings. The smallest absolute Gasteiger partial charge is 0.226 e. The molecule has 3 aromatic carbocycles. The van der Waals surface area contributed by atoms with Gasteiger partial charge < -0.3 is 14.0 Å². The number of hydrogen-bond acceptors (Lipinski definition) is 3. The normalized spacial score (nSPS) is 20.2. The van der Waals surface area contributed by atoms with Crippen molar-refractivity contribution >= 4 is 5.91 Å². The SMILES string of the molecule is O=C1[C@H]2Cc3ncn(Cc4ccccc4)c3[C@@H](c3cn(Cc4ccccc4)cn3)[C@@H]2CN1Cc1ccccc1. The molecule has 6 nitrogen and oxygen atoms in total. The Labute approximate surface area is 228 Å². The maximum Gasteiger partial charge on any atom is 0.226 e. The Bertz CT molecular complexity index is 1570. The van der Waals surface area contributed by atoms with Gasteiger partial charge >= 0.3 is 0 Å². The lowest BCUT2D eigenvalue weighted by molar-refractivity contribution is -0.131. The fourth-order valence-electron chi connectivity index (χ4n) is 6.46. The van der Waals surface area contributed by atoms with Crippen molar-refractivity contribution in [1.29, 1.82) is 0 Å². The Balaban J connectivity index is 1.25. The number of fused-ring (bicyclic) bond motifs is 2. The Kier molecular flexibility index (Phi) is 6.08. The van der Waals surface area contributed by atoms with Crippen LogP contribution in [0.4, 0.5) is 0 Å². The van der Waals surface area contributed by atoms with E-state index < -0.39 is 0 Å². The van der Waals surface area contributed by atoms with Crippen molar-refractivity contribution in [3.63, 3.8) is 0 Å². The minimum Gasteiger partial charge on any atom is -0.338 e. The summed E-state index contributed by atoms with van der Waals surface area (Å²) in [5.74, 6) is 0.318. The van der Waals surface area contributed by atoms with Crippen LogP contribution < -0.4 is 0 Å². The summed E-state index contributed by atoms with van der Waals surface area (Å²) in [6.07, 6.45) is 6.75. The highest BCUT2D eigenvalue weighted by Gasteiger charge is 2.50. The molecule has 1 aliphatic carbocycles. The molecule has 2 aliphatic rings. The molecular weight excluding hydrogens is 482 g/mol. The summed E-state index contributed by atoms with van der Waals surface area (Å²) in [6, 6.07) is 31.3. The topological polar surface area (TPSA) is 56.0 Å². The third kappa shape index (κ3) is 4.56. The zero-order chi connectivity index (χ0) is 26.2. The molecule has 0 unspecified atom stereocenters. The van der Waals surface area contributed by atoms with E-state index in [0.717, 1.165) is 36.6 Å². The summed E-state index contributed by atoms with van der Waals surface area (Å²) in [4.78, 5) is 25.6. The first kappa shape index (κ1) is 23.7. The molecular formula is C33H31N5O. The average Bonchev–Trinajstić information content (AvgIpc) is 3.68. The van der Waals surface area contributed by atoms with Crippen LogP contribution in [0.1, 0.15) is 39.7 Å². The van der Waals surface area contributed by atoms with E-state index in [1.807, 2.05) is 47.9 Å². The molecule has 0 radical (unpaired) electrons. The lowest BCUT2D eigenvalue weighted by Crippen LogP contribution is -2.32. The van der Waals surface area contributed by atoms with E-state index in [1.165, 1.54) is 16.8 Å². The number of nitrogens with zero attached hydrogens (tertiary/aromatic N) is 5. The maximum absolute atomic E-state index is 13.7. The number of likely N-dealkylation sites (tertiary alicyclic amines) is 1. The molecule has 1 amide bonds. The fraction of sp³-hybridized carbons (Fsp3) is 0.242. The number of hydrogen-bond donors (Lipinski definition) is 0. The van der Waals surface area contributed by atoms with E-state index in [2.05, 4.69) is 76.0 Å². The number of rotatable bonds is 7. The second-order valence-electron chi connectivity index (χ2n) is 10.8. The first-order valence-corrected chi connectivity index (χ1v) is 13.7. The molecule has 3 heterocycles. The zero-order valence-electron chi connectivity index (χ0n) is 21.8. The average molecular weight is 514 g/mol. The highest BCUT2D eigenvalue weighted by Crippen LogP contribution is 2.47. The standard InChI is InChI=1S/C33H31N5O/c39-33-27-16-29-32(38(23-35-29)19-26-14-8-3-9-15-26)31(28(27)20-37(33)18-25-12-6-2-7-13-25)30-21-36(22-34-30)17-24-10-4-1-5-11-24/h1-15,21-23,27-28,31H,16-20H2/t27-,28+,31+/m0/s1. The van der Waals surface area contributed by atoms with Crippen LogP contribution in [0.25, 0.3) is 0 Å². The van der Waals surface area contributed by atoms with Crippen molar-refractivity contribution in [2.24, 2.45) is 11.8 Å². The molecule has 1 saturated heterocycles. The van der Waals surface area contributed by atoms with Crippen LogP contribution in [0.15, 0.2) is 110 Å². The van der Waals surface area contributed by atoms with Gasteiger partial charge in [-0.2, -0.15) is 0 Å². The molecule has 1 aliphatic heterocycles. The quantitative estimate of drug-likeness (QED) is 0.303. The van der Waals surface area contributed by atoms with Crippen LogP contribution in [0.3, 0.4) is 0 Å². The van der Waals surface area contributed by atoms with Crippen molar-refractivity contribution in [1.82, 2.24) is 24.0 Å². The van der Waals surface area contributed by atoms with Crippen molar-refractivity contribution in [3.05, 3.63) is 144 Å². The number of benzene rings is 3. The first-order valence-electron chi connectivity index (χ1n) is 13.7. The molecule has 0 N–H and O–H groups in total. The van der Waals surface area contributed by atoms with E-state index in [4.69, 9.17) is 9.97 Å². The summed E-state index contributed by atoms with van der Waals surface area (Å²) < 4.78 is 4.44. The minimum absolute atomic E-state index is 0.00621. The third-order valence-electron chi connectivity index (χ3n) is 8.26. The highest BCUT2D eigenvalue weighted by molar-refractivity contribution is 5.82. The van der Waals surface area contributed by atoms with E-state index in [1.54, 1.807) is 0 Å². The van der Waals surface area contributed by atoms with Gasteiger partial charge in [0.15, 0.2) is 0 Å². The van der Waals surface area contributed by atoms with Crippen molar-refractivity contribution < 1.29 is 4.79 Å². The molecule has 0 bridgehead atoms. The van der Waals surface area contributed by atoms with Gasteiger partial charge in [0.05, 0.1) is 35.7 Å². The van der Waals surface area contributed by atoms with Crippen LogP contribution in [-0.2, 0) is 30.8 Å². The molecule has 0 spiro atoms. The Morgan fingerprint density at radius 2 is 1.33 bits per heavy atom. The van der Waals surface area contributed by atoms with E-state index in [9.17, 15) is 4.79 Å². The summed E-state index contributed by atoms with van der Waals surface area (Å²) >= 11 is 0. The summed E-state index contributed by atoms with van der Waals surface area (Å²) in [6.45, 7) is 2.89. The maximum atomic E-state index is 13.7. The van der Waals surface area contributed by atoms with E-state index in [0.29, 0.717) is 13.0 Å². The van der Waals surface area contributed by atoms with Gasteiger partial charge in [-0.05, 0) is 16.7 Å². The van der Waals surface area contributed by atoms with E-state index in [-0.39, 0.29) is 23.7 Å². The van der Waals surface area contributed by atoms with E-state index >= 15 is 0 Å². The van der Waals surface area contributed by atoms with Gasteiger partial charge in [0, 0.05) is 50.6 Å². The monoisotopic (exact) mass is 513 g/mol. The summed E-state index contributed by atoms with van der Waals surface area (Å²) in [5.41, 5.74) is 6.90. The molecule has 0 saturated carbocycles. The van der Waals surface area contributed by atoms with Crippen molar-refractivity contribution in [2.75, 3.05) is 6.54 Å². The number of aromatic nitrogens is 4. The van der Waals surface area contributed by atoms with Gasteiger partial charge in [0.1, 0.15) is 0 Å². The van der Waals surface area contributed by atoms with Crippen LogP contribution in [-0.4, -0.2) is 36.5 Å².